The van der Waals surface area contributed by atoms with Gasteiger partial charge in [-0.15, -0.1) is 0 Å². The van der Waals surface area contributed by atoms with Crippen molar-refractivity contribution in [3.63, 3.8) is 0 Å². The summed E-state index contributed by atoms with van der Waals surface area (Å²) in [5.74, 6) is -0.303. The van der Waals surface area contributed by atoms with Crippen LogP contribution in [-0.2, 0) is 16.1 Å². The van der Waals surface area contributed by atoms with Gasteiger partial charge in [0.05, 0.1) is 0 Å². The van der Waals surface area contributed by atoms with E-state index in [4.69, 9.17) is 0 Å². The van der Waals surface area contributed by atoms with E-state index in [1.807, 2.05) is 42.2 Å². The zero-order chi connectivity index (χ0) is 19.9. The zero-order valence-corrected chi connectivity index (χ0v) is 16.2. The molecule has 0 atom stereocenters. The summed E-state index contributed by atoms with van der Waals surface area (Å²) >= 11 is 0. The van der Waals surface area contributed by atoms with Crippen molar-refractivity contribution in [2.75, 3.05) is 11.9 Å². The van der Waals surface area contributed by atoms with Crippen LogP contribution in [-0.4, -0.2) is 23.3 Å². The molecule has 2 aromatic rings. The quantitative estimate of drug-likeness (QED) is 0.793. The lowest BCUT2D eigenvalue weighted by atomic mass is 9.80. The van der Waals surface area contributed by atoms with Gasteiger partial charge in [0.1, 0.15) is 5.82 Å². The molecule has 0 heterocycles. The first kappa shape index (κ1) is 20.1. The first-order chi connectivity index (χ1) is 13.6. The highest BCUT2D eigenvalue weighted by atomic mass is 19.1. The Bertz CT molecular complexity index is 784. The molecule has 0 spiro atoms. The Morgan fingerprint density at radius 2 is 1.57 bits per heavy atom. The zero-order valence-electron chi connectivity index (χ0n) is 16.2. The lowest BCUT2D eigenvalue weighted by Crippen LogP contribution is -2.38. The Morgan fingerprint density at radius 1 is 0.964 bits per heavy atom. The highest BCUT2D eigenvalue weighted by Crippen LogP contribution is 2.31. The van der Waals surface area contributed by atoms with Crippen molar-refractivity contribution in [3.8, 4) is 0 Å². The van der Waals surface area contributed by atoms with E-state index in [2.05, 4.69) is 5.32 Å². The molecule has 1 aliphatic rings. The van der Waals surface area contributed by atoms with Gasteiger partial charge in [-0.2, -0.15) is 0 Å². The molecule has 2 aromatic carbocycles. The number of amides is 2. The van der Waals surface area contributed by atoms with Gasteiger partial charge in [-0.25, -0.2) is 4.39 Å². The normalized spacial score (nSPS) is 19.1. The van der Waals surface area contributed by atoms with Crippen LogP contribution in [0.15, 0.2) is 54.6 Å². The number of carbonyl (C=O) groups is 2. The molecule has 2 amide bonds. The van der Waals surface area contributed by atoms with Gasteiger partial charge in [0, 0.05) is 30.6 Å². The van der Waals surface area contributed by atoms with Gasteiger partial charge in [-0.3, -0.25) is 9.59 Å². The fraction of sp³-hybridized carbons (Fsp3) is 0.391. The lowest BCUT2D eigenvalue weighted by Gasteiger charge is -2.31. The molecular weight excluding hydrogens is 355 g/mol. The molecule has 148 valence electrons. The molecule has 3 rings (SSSR count). The molecule has 1 N–H and O–H groups in total. The van der Waals surface area contributed by atoms with E-state index < -0.39 is 0 Å². The molecule has 0 bridgehead atoms. The smallest absolute Gasteiger partial charge is 0.227 e. The van der Waals surface area contributed by atoms with Crippen molar-refractivity contribution in [2.24, 2.45) is 11.8 Å². The van der Waals surface area contributed by atoms with Crippen molar-refractivity contribution in [2.45, 2.75) is 39.2 Å². The molecule has 4 nitrogen and oxygen atoms in total. The summed E-state index contributed by atoms with van der Waals surface area (Å²) in [5.41, 5.74) is 1.73. The Kier molecular flexibility index (Phi) is 6.80. The second-order valence-electron chi connectivity index (χ2n) is 7.38. The minimum absolute atomic E-state index is 0.0152. The molecule has 0 radical (unpaired) electrons. The first-order valence-corrected chi connectivity index (χ1v) is 9.96. The second-order valence-corrected chi connectivity index (χ2v) is 7.38. The van der Waals surface area contributed by atoms with Crippen LogP contribution in [0.25, 0.3) is 0 Å². The van der Waals surface area contributed by atoms with E-state index in [1.165, 1.54) is 12.1 Å². The minimum atomic E-state index is -0.326. The monoisotopic (exact) mass is 382 g/mol. The summed E-state index contributed by atoms with van der Waals surface area (Å²) in [6.07, 6.45) is 2.86. The number of hydrogen-bond donors (Lipinski definition) is 1. The molecule has 0 aliphatic heterocycles. The van der Waals surface area contributed by atoms with Gasteiger partial charge < -0.3 is 10.2 Å². The number of hydrogen-bond acceptors (Lipinski definition) is 2. The average molecular weight is 382 g/mol. The maximum Gasteiger partial charge on any atom is 0.227 e. The molecule has 1 fully saturated rings. The number of benzene rings is 2. The van der Waals surface area contributed by atoms with Gasteiger partial charge in [0.25, 0.3) is 0 Å². The SMILES string of the molecule is CCN(Cc1ccccc1)C(=O)C1CCC(C(=O)Nc2ccc(F)cc2)CC1. The predicted octanol–water partition coefficient (Wildman–Crippen LogP) is 4.62. The van der Waals surface area contributed by atoms with Crippen molar-refractivity contribution in [3.05, 3.63) is 66.0 Å². The Morgan fingerprint density at radius 3 is 2.18 bits per heavy atom. The molecule has 28 heavy (non-hydrogen) atoms. The van der Waals surface area contributed by atoms with Crippen molar-refractivity contribution < 1.29 is 14.0 Å². The molecule has 0 unspecified atom stereocenters. The van der Waals surface area contributed by atoms with Crippen molar-refractivity contribution in [1.29, 1.82) is 0 Å². The molecule has 1 aliphatic carbocycles. The fourth-order valence-electron chi connectivity index (χ4n) is 3.79. The highest BCUT2D eigenvalue weighted by Gasteiger charge is 2.31. The highest BCUT2D eigenvalue weighted by molar-refractivity contribution is 5.92. The number of carbonyl (C=O) groups excluding carboxylic acids is 2. The van der Waals surface area contributed by atoms with E-state index >= 15 is 0 Å². The first-order valence-electron chi connectivity index (χ1n) is 9.96. The number of nitrogens with one attached hydrogen (secondary N) is 1. The van der Waals surface area contributed by atoms with Gasteiger partial charge in [0.2, 0.25) is 11.8 Å². The summed E-state index contributed by atoms with van der Waals surface area (Å²) in [4.78, 5) is 27.3. The van der Waals surface area contributed by atoms with Crippen LogP contribution in [0.2, 0.25) is 0 Å². The van der Waals surface area contributed by atoms with Gasteiger partial charge >= 0.3 is 0 Å². The number of halogens is 1. The lowest BCUT2D eigenvalue weighted by molar-refractivity contribution is -0.138. The third-order valence-corrected chi connectivity index (χ3v) is 5.47. The van der Waals surface area contributed by atoms with Crippen LogP contribution in [0.3, 0.4) is 0 Å². The standard InChI is InChI=1S/C23H27FN2O2/c1-2-26(16-17-6-4-3-5-7-17)23(28)19-10-8-18(9-11-19)22(27)25-21-14-12-20(24)13-15-21/h3-7,12-15,18-19H,2,8-11,16H2,1H3,(H,25,27). The largest absolute Gasteiger partial charge is 0.338 e. The van der Waals surface area contributed by atoms with Crippen LogP contribution >= 0.6 is 0 Å². The van der Waals surface area contributed by atoms with Crippen molar-refractivity contribution in [1.82, 2.24) is 4.90 Å². The summed E-state index contributed by atoms with van der Waals surface area (Å²) in [6, 6.07) is 15.8. The molecule has 0 saturated heterocycles. The summed E-state index contributed by atoms with van der Waals surface area (Å²) in [7, 11) is 0. The number of nitrogens with zero attached hydrogens (tertiary/aromatic N) is 1. The number of rotatable bonds is 6. The Balaban J connectivity index is 1.51. The molecular formula is C23H27FN2O2. The van der Waals surface area contributed by atoms with E-state index in [0.29, 0.717) is 31.6 Å². The average Bonchev–Trinajstić information content (AvgIpc) is 2.74. The van der Waals surface area contributed by atoms with Crippen LogP contribution in [0.1, 0.15) is 38.2 Å². The van der Waals surface area contributed by atoms with Crippen LogP contribution in [0.5, 0.6) is 0 Å². The molecule has 0 aromatic heterocycles. The van der Waals surface area contributed by atoms with Crippen LogP contribution < -0.4 is 5.32 Å². The maximum absolute atomic E-state index is 13.0. The van der Waals surface area contributed by atoms with E-state index in [1.54, 1.807) is 12.1 Å². The number of anilines is 1. The van der Waals surface area contributed by atoms with E-state index in [9.17, 15) is 14.0 Å². The van der Waals surface area contributed by atoms with Crippen molar-refractivity contribution >= 4 is 17.5 Å². The van der Waals surface area contributed by atoms with E-state index in [-0.39, 0.29) is 29.5 Å². The fourth-order valence-corrected chi connectivity index (χ4v) is 3.79. The van der Waals surface area contributed by atoms with Gasteiger partial charge in [-0.1, -0.05) is 30.3 Å². The summed E-state index contributed by atoms with van der Waals surface area (Å²) in [5, 5.41) is 2.85. The Labute approximate surface area is 165 Å². The maximum atomic E-state index is 13.0. The van der Waals surface area contributed by atoms with Gasteiger partial charge in [-0.05, 0) is 62.4 Å². The van der Waals surface area contributed by atoms with Crippen LogP contribution in [0.4, 0.5) is 10.1 Å². The minimum Gasteiger partial charge on any atom is -0.338 e. The van der Waals surface area contributed by atoms with Crippen LogP contribution in [0, 0.1) is 17.7 Å². The third kappa shape index (κ3) is 5.18. The summed E-state index contributed by atoms with van der Waals surface area (Å²) < 4.78 is 13.0. The molecule has 5 heteroatoms. The summed E-state index contributed by atoms with van der Waals surface area (Å²) in [6.45, 7) is 3.31. The predicted molar refractivity (Wildman–Crippen MR) is 108 cm³/mol. The topological polar surface area (TPSA) is 49.4 Å². The Hall–Kier alpha value is -2.69. The second kappa shape index (κ2) is 9.49. The van der Waals surface area contributed by atoms with Gasteiger partial charge in [0.15, 0.2) is 0 Å². The third-order valence-electron chi connectivity index (χ3n) is 5.47. The van der Waals surface area contributed by atoms with E-state index in [0.717, 1.165) is 18.4 Å². The molecule has 1 saturated carbocycles.